The molecule has 0 unspecified atom stereocenters. The Balaban J connectivity index is 0.000000390. The molecule has 0 spiro atoms. The molecule has 3 rings (SSSR count). The van der Waals surface area contributed by atoms with Crippen LogP contribution in [0.15, 0.2) is 91.0 Å². The molecule has 3 aromatic rings. The van der Waals surface area contributed by atoms with E-state index in [1.807, 2.05) is 0 Å². The second-order valence-corrected chi connectivity index (χ2v) is 13.4. The number of hydrogen-bond acceptors (Lipinski definition) is 6. The molecule has 0 saturated heterocycles. The molecule has 0 bridgehead atoms. The summed E-state index contributed by atoms with van der Waals surface area (Å²) in [7, 11) is 0. The van der Waals surface area contributed by atoms with E-state index in [1.165, 1.54) is 9.81 Å². The average Bonchev–Trinajstić information content (AvgIpc) is 2.64. The molecule has 0 heterocycles. The van der Waals surface area contributed by atoms with Crippen molar-refractivity contribution in [2.24, 2.45) is 0 Å². The average molecular weight is 564 g/mol. The molecule has 0 amide bonds. The molecule has 0 N–H and O–H groups in total. The Morgan fingerprint density at radius 2 is 0.667 bits per heavy atom. The minimum atomic E-state index is -2.06. The van der Waals surface area contributed by atoms with Crippen LogP contribution < -0.4 is 9.81 Å². The Bertz CT molecular complexity index is 705. The molecule has 27 heavy (non-hydrogen) atoms. The van der Waals surface area contributed by atoms with Crippen molar-refractivity contribution < 1.29 is 10.2 Å². The number of benzene rings is 3. The molecule has 140 valence electrons. The van der Waals surface area contributed by atoms with E-state index in [1.54, 1.807) is 0 Å². The molecule has 0 saturated carbocycles. The van der Waals surface area contributed by atoms with Crippen molar-refractivity contribution in [3.8, 4) is 0 Å². The minimum absolute atomic E-state index is 1.54. The zero-order valence-electron chi connectivity index (χ0n) is 14.0. The summed E-state index contributed by atoms with van der Waals surface area (Å²) in [6, 6.07) is 33.0. The van der Waals surface area contributed by atoms with Crippen molar-refractivity contribution in [3.63, 3.8) is 0 Å². The van der Waals surface area contributed by atoms with Crippen molar-refractivity contribution in [1.29, 1.82) is 0 Å². The Kier molecular flexibility index (Phi) is 10.0. The molecule has 0 aliphatic carbocycles. The van der Waals surface area contributed by atoms with Gasteiger partial charge in [-0.25, -0.2) is 0 Å². The van der Waals surface area contributed by atoms with Gasteiger partial charge in [-0.3, -0.25) is 0 Å². The van der Waals surface area contributed by atoms with Gasteiger partial charge in [0.1, 0.15) is 0 Å². The van der Waals surface area contributed by atoms with Gasteiger partial charge >= 0.3 is 123 Å². The van der Waals surface area contributed by atoms with Crippen molar-refractivity contribution in [2.75, 3.05) is 0 Å². The second kappa shape index (κ2) is 12.3. The zero-order chi connectivity index (χ0) is 20.1. The summed E-state index contributed by atoms with van der Waals surface area (Å²) in [6.45, 7) is 0. The second-order valence-electron chi connectivity index (χ2n) is 4.79. The van der Waals surface area contributed by atoms with Gasteiger partial charge in [0.2, 0.25) is 0 Å². The van der Waals surface area contributed by atoms with Gasteiger partial charge in [0.05, 0.1) is 10.2 Å². The third-order valence-corrected chi connectivity index (χ3v) is 12.5. The Morgan fingerprint density at radius 3 is 0.852 bits per heavy atom. The Hall–Kier alpha value is -3.06. The van der Waals surface area contributed by atoms with Gasteiger partial charge in [0, 0.05) is 0 Å². The van der Waals surface area contributed by atoms with E-state index in [2.05, 4.69) is 91.0 Å². The van der Waals surface area contributed by atoms with E-state index >= 15 is 0 Å². The summed E-state index contributed by atoms with van der Waals surface area (Å²) in [5.74, 6) is 0. The summed E-state index contributed by atoms with van der Waals surface area (Å²) in [5, 5.41) is 29.5. The summed E-state index contributed by atoms with van der Waals surface area (Å²) in [4.78, 5) is 16.5. The third kappa shape index (κ3) is 9.27. The standard InChI is InChI=1S/3C6H5.Bi.2NO3/c3*1-2-4-6-5-3-1;;2*2-1(3)4/h3*1-5H;;;/q;;;;2*-1. The van der Waals surface area contributed by atoms with Gasteiger partial charge in [-0.05, 0) is 0 Å². The van der Waals surface area contributed by atoms with Gasteiger partial charge < -0.3 is 30.6 Å². The topological polar surface area (TPSA) is 132 Å². The summed E-state index contributed by atoms with van der Waals surface area (Å²) >= 11 is -2.06. The van der Waals surface area contributed by atoms with Crippen LogP contribution in [0.4, 0.5) is 0 Å². The zero-order valence-corrected chi connectivity index (χ0v) is 17.4. The molecule has 8 nitrogen and oxygen atoms in total. The maximum absolute atomic E-state index is 8.25. The first kappa shape index (κ1) is 22.0. The molecular weight excluding hydrogens is 549 g/mol. The number of nitrogens with zero attached hydrogens (tertiary/aromatic N) is 2. The summed E-state index contributed by atoms with van der Waals surface area (Å²) in [5.41, 5.74) is 0. The fraction of sp³-hybridized carbons (Fsp3) is 0. The predicted octanol–water partition coefficient (Wildman–Crippen LogP) is 1.72. The van der Waals surface area contributed by atoms with E-state index in [9.17, 15) is 0 Å². The van der Waals surface area contributed by atoms with Gasteiger partial charge in [-0.2, -0.15) is 0 Å². The van der Waals surface area contributed by atoms with Crippen molar-refractivity contribution in [3.05, 3.63) is 122 Å². The van der Waals surface area contributed by atoms with Crippen LogP contribution in [0.25, 0.3) is 0 Å². The van der Waals surface area contributed by atoms with Crippen LogP contribution in [0.5, 0.6) is 0 Å². The van der Waals surface area contributed by atoms with Gasteiger partial charge in [0.15, 0.2) is 0 Å². The molecule has 0 aromatic heterocycles. The monoisotopic (exact) mass is 564 g/mol. The van der Waals surface area contributed by atoms with Crippen molar-refractivity contribution in [2.45, 2.75) is 0 Å². The van der Waals surface area contributed by atoms with E-state index < -0.39 is 31.9 Å². The van der Waals surface area contributed by atoms with Crippen LogP contribution in [0.3, 0.4) is 0 Å². The predicted molar refractivity (Wildman–Crippen MR) is 105 cm³/mol. The SMILES string of the molecule is O=[N+]([O-])[O-].O=[N+]([O-])[O-].c1cc[c]([Bi]([c]2ccccc2)[c]2ccccc2)cc1. The van der Waals surface area contributed by atoms with Gasteiger partial charge in [0.25, 0.3) is 0 Å². The van der Waals surface area contributed by atoms with E-state index in [-0.39, 0.29) is 0 Å². The molecule has 3 aromatic carbocycles. The van der Waals surface area contributed by atoms with Gasteiger partial charge in [-0.15, -0.1) is 0 Å². The van der Waals surface area contributed by atoms with Crippen molar-refractivity contribution in [1.82, 2.24) is 0 Å². The van der Waals surface area contributed by atoms with Crippen LogP contribution in [0.1, 0.15) is 0 Å². The van der Waals surface area contributed by atoms with Crippen LogP contribution in [0, 0.1) is 30.6 Å². The van der Waals surface area contributed by atoms with Gasteiger partial charge in [-0.1, -0.05) is 0 Å². The third-order valence-electron chi connectivity index (χ3n) is 3.04. The molecule has 0 fully saturated rings. The number of rotatable bonds is 3. The molecule has 0 aliphatic rings. The first-order chi connectivity index (χ1) is 12.9. The maximum atomic E-state index is 8.25. The van der Waals surface area contributed by atoms with Crippen molar-refractivity contribution >= 4 is 31.6 Å². The number of hydrogen-bond donors (Lipinski definition) is 0. The van der Waals surface area contributed by atoms with E-state index in [4.69, 9.17) is 30.6 Å². The molecule has 9 heteroatoms. The summed E-state index contributed by atoms with van der Waals surface area (Å²) < 4.78 is 4.61. The first-order valence-corrected chi connectivity index (χ1v) is 12.7. The Labute approximate surface area is 163 Å². The molecule has 0 aliphatic heterocycles. The van der Waals surface area contributed by atoms with Crippen LogP contribution >= 0.6 is 0 Å². The fourth-order valence-corrected chi connectivity index (χ4v) is 11.1. The van der Waals surface area contributed by atoms with E-state index in [0.717, 1.165) is 0 Å². The molecule has 0 radical (unpaired) electrons. The van der Waals surface area contributed by atoms with E-state index in [0.29, 0.717) is 0 Å². The molecular formula is C18H15BiN2O6-2. The van der Waals surface area contributed by atoms with Crippen LogP contribution in [0.2, 0.25) is 0 Å². The quantitative estimate of drug-likeness (QED) is 0.271. The normalized spacial score (nSPS) is 9.22. The van der Waals surface area contributed by atoms with Crippen LogP contribution in [-0.2, 0) is 0 Å². The molecule has 0 atom stereocenters. The summed E-state index contributed by atoms with van der Waals surface area (Å²) in [6.07, 6.45) is 0. The fourth-order valence-electron chi connectivity index (χ4n) is 2.18. The Morgan fingerprint density at radius 1 is 0.481 bits per heavy atom. The first-order valence-electron chi connectivity index (χ1n) is 7.50. The van der Waals surface area contributed by atoms with Crippen LogP contribution in [-0.4, -0.2) is 31.9 Å².